The van der Waals surface area contributed by atoms with E-state index in [1.807, 2.05) is 31.2 Å². The second kappa shape index (κ2) is 5.56. The van der Waals surface area contributed by atoms with Gasteiger partial charge in [0, 0.05) is 0 Å². The fourth-order valence-corrected chi connectivity index (χ4v) is 1.61. The summed E-state index contributed by atoms with van der Waals surface area (Å²) in [4.78, 5) is 22.3. The van der Waals surface area contributed by atoms with Crippen LogP contribution in [0.4, 0.5) is 4.79 Å². The number of carbonyl (C=O) groups excluding carboxylic acids is 2. The number of ether oxygens (including phenoxy) is 1. The van der Waals surface area contributed by atoms with Crippen LogP contribution in [0.25, 0.3) is 6.08 Å². The van der Waals surface area contributed by atoms with Gasteiger partial charge in [0.2, 0.25) is 0 Å². The number of carbonyl (C=O) groups is 2. The van der Waals surface area contributed by atoms with Crippen LogP contribution in [0.2, 0.25) is 0 Å². The largest absolute Gasteiger partial charge is 0.491 e. The number of nitrogens with one attached hydrogen (secondary N) is 2. The first kappa shape index (κ1) is 13.1. The van der Waals surface area contributed by atoms with Crippen LogP contribution in [0.5, 0.6) is 5.75 Å². The molecule has 0 unspecified atom stereocenters. The fourth-order valence-electron chi connectivity index (χ4n) is 1.61. The van der Waals surface area contributed by atoms with Gasteiger partial charge < -0.3 is 10.1 Å². The summed E-state index contributed by atoms with van der Waals surface area (Å²) in [5.74, 6) is 0.376. The first-order valence-corrected chi connectivity index (χ1v) is 6.19. The lowest BCUT2D eigenvalue weighted by Crippen LogP contribution is -2.22. The Morgan fingerprint density at radius 2 is 1.89 bits per heavy atom. The van der Waals surface area contributed by atoms with Crippen LogP contribution in [0.3, 0.4) is 0 Å². The van der Waals surface area contributed by atoms with Crippen molar-refractivity contribution in [2.45, 2.75) is 26.4 Å². The van der Waals surface area contributed by atoms with Gasteiger partial charge in [-0.05, 0) is 37.1 Å². The summed E-state index contributed by atoms with van der Waals surface area (Å²) in [7, 11) is 0. The van der Waals surface area contributed by atoms with E-state index in [2.05, 4.69) is 17.6 Å². The summed E-state index contributed by atoms with van der Waals surface area (Å²) in [6.45, 7) is 4.07. The Balaban J connectivity index is 2.09. The van der Waals surface area contributed by atoms with Crippen LogP contribution in [-0.4, -0.2) is 18.0 Å². The zero-order valence-electron chi connectivity index (χ0n) is 10.9. The maximum absolute atomic E-state index is 11.4. The third kappa shape index (κ3) is 3.34. The summed E-state index contributed by atoms with van der Waals surface area (Å²) in [6, 6.07) is 6.86. The number of hydrogen-bond donors (Lipinski definition) is 2. The van der Waals surface area contributed by atoms with Crippen molar-refractivity contribution in [2.75, 3.05) is 0 Å². The molecule has 0 aromatic heterocycles. The summed E-state index contributed by atoms with van der Waals surface area (Å²) < 4.78 is 5.66. The molecule has 2 N–H and O–H groups in total. The number of rotatable bonds is 4. The van der Waals surface area contributed by atoms with Crippen molar-refractivity contribution in [1.29, 1.82) is 0 Å². The Bertz CT molecular complexity index is 520. The van der Waals surface area contributed by atoms with Crippen molar-refractivity contribution in [2.24, 2.45) is 0 Å². The average molecular weight is 260 g/mol. The van der Waals surface area contributed by atoms with Crippen molar-refractivity contribution < 1.29 is 14.3 Å². The van der Waals surface area contributed by atoms with E-state index in [0.29, 0.717) is 0 Å². The highest BCUT2D eigenvalue weighted by atomic mass is 16.5. The van der Waals surface area contributed by atoms with E-state index < -0.39 is 11.9 Å². The zero-order chi connectivity index (χ0) is 13.8. The van der Waals surface area contributed by atoms with Crippen LogP contribution >= 0.6 is 0 Å². The predicted octanol–water partition coefficient (Wildman–Crippen LogP) is 2.04. The van der Waals surface area contributed by atoms with Crippen molar-refractivity contribution in [3.05, 3.63) is 35.5 Å². The number of imide groups is 1. The van der Waals surface area contributed by atoms with Crippen LogP contribution in [0, 0.1) is 0 Å². The molecule has 1 aliphatic rings. The minimum Gasteiger partial charge on any atom is -0.491 e. The fraction of sp³-hybridized carbons (Fsp3) is 0.286. The number of amides is 3. The average Bonchev–Trinajstić information content (AvgIpc) is 2.70. The smallest absolute Gasteiger partial charge is 0.326 e. The maximum atomic E-state index is 11.4. The van der Waals surface area contributed by atoms with Gasteiger partial charge in [-0.2, -0.15) is 0 Å². The van der Waals surface area contributed by atoms with Gasteiger partial charge >= 0.3 is 6.03 Å². The van der Waals surface area contributed by atoms with Gasteiger partial charge in [-0.15, -0.1) is 0 Å². The molecule has 1 aliphatic heterocycles. The molecule has 5 nitrogen and oxygen atoms in total. The highest BCUT2D eigenvalue weighted by molar-refractivity contribution is 6.13. The van der Waals surface area contributed by atoms with Crippen molar-refractivity contribution in [3.8, 4) is 5.75 Å². The molecule has 5 heteroatoms. The van der Waals surface area contributed by atoms with Gasteiger partial charge in [-0.1, -0.05) is 19.1 Å². The summed E-state index contributed by atoms with van der Waals surface area (Å²) in [5, 5.41) is 4.59. The molecule has 1 atom stereocenters. The standard InChI is InChI=1S/C14H16N2O3/c1-3-9(2)19-11-6-4-10(5-7-11)8-12-13(17)16-14(18)15-12/h4-9H,3H2,1-2H3,(H2,15,16,17,18)/b12-8+/t9-/m1/s1. The van der Waals surface area contributed by atoms with E-state index in [4.69, 9.17) is 4.74 Å². The Morgan fingerprint density at radius 1 is 1.21 bits per heavy atom. The van der Waals surface area contributed by atoms with Gasteiger partial charge in [0.1, 0.15) is 11.4 Å². The molecule has 0 radical (unpaired) electrons. The normalized spacial score (nSPS) is 18.1. The van der Waals surface area contributed by atoms with Gasteiger partial charge in [0.15, 0.2) is 0 Å². The van der Waals surface area contributed by atoms with E-state index in [0.717, 1.165) is 17.7 Å². The zero-order valence-corrected chi connectivity index (χ0v) is 10.9. The molecule has 1 saturated heterocycles. The molecule has 0 spiro atoms. The van der Waals surface area contributed by atoms with Crippen LogP contribution in [0.1, 0.15) is 25.8 Å². The minimum absolute atomic E-state index is 0.170. The van der Waals surface area contributed by atoms with E-state index in [1.54, 1.807) is 6.08 Å². The van der Waals surface area contributed by atoms with Crippen LogP contribution in [-0.2, 0) is 4.79 Å². The van der Waals surface area contributed by atoms with Gasteiger partial charge in [-0.3, -0.25) is 10.1 Å². The lowest BCUT2D eigenvalue weighted by Gasteiger charge is -2.12. The van der Waals surface area contributed by atoms with E-state index in [-0.39, 0.29) is 11.8 Å². The Hall–Kier alpha value is -2.30. The summed E-state index contributed by atoms with van der Waals surface area (Å²) >= 11 is 0. The summed E-state index contributed by atoms with van der Waals surface area (Å²) in [5.41, 5.74) is 1.07. The van der Waals surface area contributed by atoms with E-state index in [1.165, 1.54) is 0 Å². The van der Waals surface area contributed by atoms with Gasteiger partial charge in [-0.25, -0.2) is 4.79 Å². The molecule has 19 heavy (non-hydrogen) atoms. The van der Waals surface area contributed by atoms with Gasteiger partial charge in [0.25, 0.3) is 5.91 Å². The Kier molecular flexibility index (Phi) is 3.85. The lowest BCUT2D eigenvalue weighted by molar-refractivity contribution is -0.115. The first-order chi connectivity index (χ1) is 9.08. The molecule has 100 valence electrons. The monoisotopic (exact) mass is 260 g/mol. The molecule has 1 aromatic rings. The molecule has 1 fully saturated rings. The molecule has 0 bridgehead atoms. The quantitative estimate of drug-likeness (QED) is 0.643. The van der Waals surface area contributed by atoms with Crippen LogP contribution < -0.4 is 15.4 Å². The summed E-state index contributed by atoms with van der Waals surface area (Å²) in [6.07, 6.45) is 2.73. The number of hydrogen-bond acceptors (Lipinski definition) is 3. The Labute approximate surface area is 111 Å². The molecule has 0 saturated carbocycles. The second-order valence-electron chi connectivity index (χ2n) is 4.37. The maximum Gasteiger partial charge on any atom is 0.326 e. The van der Waals surface area contributed by atoms with Crippen molar-refractivity contribution in [3.63, 3.8) is 0 Å². The SMILES string of the molecule is CC[C@@H](C)Oc1ccc(/C=C2/NC(=O)NC2=O)cc1. The topological polar surface area (TPSA) is 67.4 Å². The molecule has 3 amide bonds. The third-order valence-electron chi connectivity index (χ3n) is 2.82. The second-order valence-corrected chi connectivity index (χ2v) is 4.37. The molecular weight excluding hydrogens is 244 g/mol. The number of urea groups is 1. The van der Waals surface area contributed by atoms with Crippen molar-refractivity contribution in [1.82, 2.24) is 10.6 Å². The first-order valence-electron chi connectivity index (χ1n) is 6.19. The van der Waals surface area contributed by atoms with E-state index >= 15 is 0 Å². The third-order valence-corrected chi connectivity index (χ3v) is 2.82. The molecule has 1 aromatic carbocycles. The molecular formula is C14H16N2O3. The molecule has 0 aliphatic carbocycles. The van der Waals surface area contributed by atoms with E-state index in [9.17, 15) is 9.59 Å². The van der Waals surface area contributed by atoms with Crippen LogP contribution in [0.15, 0.2) is 30.0 Å². The minimum atomic E-state index is -0.493. The molecule has 1 heterocycles. The van der Waals surface area contributed by atoms with Crippen molar-refractivity contribution >= 4 is 18.0 Å². The van der Waals surface area contributed by atoms with Gasteiger partial charge in [0.05, 0.1) is 6.10 Å². The molecule has 2 rings (SSSR count). The highest BCUT2D eigenvalue weighted by Gasteiger charge is 2.22. The Morgan fingerprint density at radius 3 is 2.42 bits per heavy atom. The predicted molar refractivity (Wildman–Crippen MR) is 71.5 cm³/mol. The number of benzene rings is 1. The lowest BCUT2D eigenvalue weighted by atomic mass is 10.2. The highest BCUT2D eigenvalue weighted by Crippen LogP contribution is 2.16.